The molecule has 0 fully saturated rings. The molecule has 1 aliphatic heterocycles. The molecule has 28 heavy (non-hydrogen) atoms. The number of amides is 1. The lowest BCUT2D eigenvalue weighted by Crippen LogP contribution is -2.36. The number of fused-ring (bicyclic) bond motifs is 1. The second kappa shape index (κ2) is 8.97. The van der Waals surface area contributed by atoms with Gasteiger partial charge in [-0.25, -0.2) is 0 Å². The van der Waals surface area contributed by atoms with Gasteiger partial charge in [-0.05, 0) is 68.3 Å². The average Bonchev–Trinajstić information content (AvgIpc) is 2.69. The predicted molar refractivity (Wildman–Crippen MR) is 106 cm³/mol. The normalized spacial score (nSPS) is 16.3. The summed E-state index contributed by atoms with van der Waals surface area (Å²) >= 11 is 6.00. The summed E-state index contributed by atoms with van der Waals surface area (Å²) in [4.78, 5) is 24.8. The molecule has 0 radical (unpaired) electrons. The van der Waals surface area contributed by atoms with Gasteiger partial charge >= 0.3 is 5.97 Å². The van der Waals surface area contributed by atoms with E-state index in [1.54, 1.807) is 42.5 Å². The molecule has 0 aliphatic carbocycles. The van der Waals surface area contributed by atoms with Crippen molar-refractivity contribution >= 4 is 29.2 Å². The molecule has 0 aromatic heterocycles. The minimum absolute atomic E-state index is 0.209. The zero-order valence-corrected chi connectivity index (χ0v) is 16.5. The van der Waals surface area contributed by atoms with E-state index < -0.39 is 23.9 Å². The number of carbonyl (C=O) groups is 2. The van der Waals surface area contributed by atoms with Gasteiger partial charge in [0.25, 0.3) is 5.91 Å². The van der Waals surface area contributed by atoms with Crippen molar-refractivity contribution in [3.63, 3.8) is 0 Å². The van der Waals surface area contributed by atoms with Crippen LogP contribution in [0.2, 0.25) is 5.02 Å². The number of hydrogen-bond acceptors (Lipinski definition) is 5. The SMILES string of the molecule is CCOc1ccc(NC(=O)C(C)OC(=O)C2COc3ccc(Cl)cc3C2)cc1. The van der Waals surface area contributed by atoms with Crippen LogP contribution in [0.15, 0.2) is 42.5 Å². The zero-order chi connectivity index (χ0) is 20.1. The maximum Gasteiger partial charge on any atom is 0.313 e. The Hall–Kier alpha value is -2.73. The Morgan fingerprint density at radius 3 is 2.71 bits per heavy atom. The number of benzene rings is 2. The van der Waals surface area contributed by atoms with E-state index in [1.807, 2.05) is 6.92 Å². The number of halogens is 1. The number of carbonyl (C=O) groups excluding carboxylic acids is 2. The van der Waals surface area contributed by atoms with Gasteiger partial charge in [-0.15, -0.1) is 0 Å². The number of esters is 1. The monoisotopic (exact) mass is 403 g/mol. The van der Waals surface area contributed by atoms with Crippen LogP contribution in [0.3, 0.4) is 0 Å². The Kier molecular flexibility index (Phi) is 6.41. The van der Waals surface area contributed by atoms with Crippen molar-refractivity contribution < 1.29 is 23.8 Å². The van der Waals surface area contributed by atoms with Gasteiger partial charge in [-0.2, -0.15) is 0 Å². The Balaban J connectivity index is 1.54. The molecule has 1 amide bonds. The lowest BCUT2D eigenvalue weighted by atomic mass is 9.97. The van der Waals surface area contributed by atoms with Crippen molar-refractivity contribution in [1.82, 2.24) is 0 Å². The molecule has 3 rings (SSSR count). The summed E-state index contributed by atoms with van der Waals surface area (Å²) < 4.78 is 16.3. The van der Waals surface area contributed by atoms with Crippen LogP contribution >= 0.6 is 11.6 Å². The van der Waals surface area contributed by atoms with Crippen molar-refractivity contribution in [2.45, 2.75) is 26.4 Å². The van der Waals surface area contributed by atoms with Crippen molar-refractivity contribution in [2.75, 3.05) is 18.5 Å². The fraction of sp³-hybridized carbons (Fsp3) is 0.333. The van der Waals surface area contributed by atoms with E-state index in [-0.39, 0.29) is 6.61 Å². The first-order chi connectivity index (χ1) is 13.5. The number of hydrogen-bond donors (Lipinski definition) is 1. The molecule has 7 heteroatoms. The molecular formula is C21H22ClNO5. The van der Waals surface area contributed by atoms with E-state index in [0.29, 0.717) is 23.7 Å². The van der Waals surface area contributed by atoms with E-state index in [2.05, 4.69) is 5.32 Å². The van der Waals surface area contributed by atoms with Gasteiger partial charge in [0.15, 0.2) is 6.10 Å². The highest BCUT2D eigenvalue weighted by Crippen LogP contribution is 2.30. The third-order valence-corrected chi connectivity index (χ3v) is 4.59. The Morgan fingerprint density at radius 2 is 2.00 bits per heavy atom. The number of nitrogens with one attached hydrogen (secondary N) is 1. The highest BCUT2D eigenvalue weighted by atomic mass is 35.5. The molecular weight excluding hydrogens is 382 g/mol. The van der Waals surface area contributed by atoms with Gasteiger partial charge in [-0.1, -0.05) is 11.6 Å². The highest BCUT2D eigenvalue weighted by molar-refractivity contribution is 6.30. The topological polar surface area (TPSA) is 73.9 Å². The van der Waals surface area contributed by atoms with Crippen LogP contribution in [0, 0.1) is 5.92 Å². The summed E-state index contributed by atoms with van der Waals surface area (Å²) in [5.74, 6) is 0.0803. The fourth-order valence-electron chi connectivity index (χ4n) is 2.88. The van der Waals surface area contributed by atoms with Crippen LogP contribution in [0.4, 0.5) is 5.69 Å². The standard InChI is InChI=1S/C21H22ClNO5/c1-3-26-18-7-5-17(6-8-18)23-20(24)13(2)28-21(25)15-10-14-11-16(22)4-9-19(14)27-12-15/h4-9,11,13,15H,3,10,12H2,1-2H3,(H,23,24). The third kappa shape index (κ3) is 4.95. The smallest absolute Gasteiger partial charge is 0.313 e. The second-order valence-electron chi connectivity index (χ2n) is 6.49. The molecule has 2 aromatic rings. The molecule has 0 spiro atoms. The van der Waals surface area contributed by atoms with Crippen LogP contribution in [0.1, 0.15) is 19.4 Å². The second-order valence-corrected chi connectivity index (χ2v) is 6.93. The average molecular weight is 404 g/mol. The zero-order valence-electron chi connectivity index (χ0n) is 15.7. The van der Waals surface area contributed by atoms with E-state index in [0.717, 1.165) is 17.1 Å². The minimum Gasteiger partial charge on any atom is -0.494 e. The maximum atomic E-state index is 12.4. The van der Waals surface area contributed by atoms with Crippen molar-refractivity contribution in [3.8, 4) is 11.5 Å². The number of ether oxygens (including phenoxy) is 3. The summed E-state index contributed by atoms with van der Waals surface area (Å²) in [5, 5.41) is 3.30. The van der Waals surface area contributed by atoms with Gasteiger partial charge in [0.05, 0.1) is 12.5 Å². The molecule has 1 N–H and O–H groups in total. The van der Waals surface area contributed by atoms with E-state index in [9.17, 15) is 9.59 Å². The Labute approximate surface area is 168 Å². The summed E-state index contributed by atoms with van der Waals surface area (Å²) in [7, 11) is 0. The molecule has 6 nitrogen and oxygen atoms in total. The van der Waals surface area contributed by atoms with Gasteiger partial charge in [0, 0.05) is 10.7 Å². The third-order valence-electron chi connectivity index (χ3n) is 4.36. The fourth-order valence-corrected chi connectivity index (χ4v) is 3.08. The highest BCUT2D eigenvalue weighted by Gasteiger charge is 2.30. The van der Waals surface area contributed by atoms with Gasteiger partial charge in [0.2, 0.25) is 0 Å². The molecule has 0 bridgehead atoms. The van der Waals surface area contributed by atoms with Crippen LogP contribution in [0.25, 0.3) is 0 Å². The molecule has 2 atom stereocenters. The van der Waals surface area contributed by atoms with Crippen LogP contribution < -0.4 is 14.8 Å². The summed E-state index contributed by atoms with van der Waals surface area (Å²) in [6.45, 7) is 4.22. The van der Waals surface area contributed by atoms with Crippen LogP contribution in [-0.4, -0.2) is 31.2 Å². The van der Waals surface area contributed by atoms with Gasteiger partial charge in [0.1, 0.15) is 18.1 Å². The first-order valence-corrected chi connectivity index (χ1v) is 9.49. The Morgan fingerprint density at radius 1 is 1.25 bits per heavy atom. The molecule has 2 aromatic carbocycles. The van der Waals surface area contributed by atoms with E-state index in [1.165, 1.54) is 6.92 Å². The molecule has 2 unspecified atom stereocenters. The molecule has 1 heterocycles. The first kappa shape index (κ1) is 20.0. The molecule has 148 valence electrons. The van der Waals surface area contributed by atoms with Crippen molar-refractivity contribution in [3.05, 3.63) is 53.1 Å². The summed E-state index contributed by atoms with van der Waals surface area (Å²) in [5.41, 5.74) is 1.45. The van der Waals surface area contributed by atoms with Crippen LogP contribution in [-0.2, 0) is 20.7 Å². The van der Waals surface area contributed by atoms with Gasteiger partial charge < -0.3 is 19.5 Å². The maximum absolute atomic E-state index is 12.4. The predicted octanol–water partition coefficient (Wildman–Crippen LogP) is 3.86. The first-order valence-electron chi connectivity index (χ1n) is 9.11. The molecule has 1 aliphatic rings. The Bertz CT molecular complexity index is 852. The molecule has 0 saturated carbocycles. The lowest BCUT2D eigenvalue weighted by molar-refractivity contribution is -0.158. The van der Waals surface area contributed by atoms with Crippen molar-refractivity contribution in [1.29, 1.82) is 0 Å². The van der Waals surface area contributed by atoms with Crippen molar-refractivity contribution in [2.24, 2.45) is 5.92 Å². The lowest BCUT2D eigenvalue weighted by Gasteiger charge is -2.25. The number of anilines is 1. The largest absolute Gasteiger partial charge is 0.494 e. The van der Waals surface area contributed by atoms with Gasteiger partial charge in [-0.3, -0.25) is 9.59 Å². The van der Waals surface area contributed by atoms with E-state index in [4.69, 9.17) is 25.8 Å². The summed E-state index contributed by atoms with van der Waals surface area (Å²) in [6, 6.07) is 12.3. The minimum atomic E-state index is -0.931. The van der Waals surface area contributed by atoms with Crippen LogP contribution in [0.5, 0.6) is 11.5 Å². The van der Waals surface area contributed by atoms with E-state index >= 15 is 0 Å². The molecule has 0 saturated heterocycles. The number of rotatable bonds is 6. The summed E-state index contributed by atoms with van der Waals surface area (Å²) in [6.07, 6.45) is -0.470. The quantitative estimate of drug-likeness (QED) is 0.741.